The van der Waals surface area contributed by atoms with E-state index in [0.717, 1.165) is 42.6 Å². The zero-order chi connectivity index (χ0) is 20.6. The van der Waals surface area contributed by atoms with E-state index >= 15 is 0 Å². The van der Waals surface area contributed by atoms with Crippen LogP contribution < -0.4 is 4.74 Å². The number of esters is 2. The Morgan fingerprint density at radius 3 is 2.34 bits per heavy atom. The lowest BCUT2D eigenvalue weighted by Crippen LogP contribution is -2.29. The lowest BCUT2D eigenvalue weighted by atomic mass is 9.87. The molecule has 1 saturated carbocycles. The Hall–Kier alpha value is -2.82. The molecule has 0 radical (unpaired) electrons. The molecule has 0 amide bonds. The van der Waals surface area contributed by atoms with Gasteiger partial charge in [-0.05, 0) is 68.9 Å². The number of hydrogen-bond acceptors (Lipinski definition) is 5. The molecule has 0 heterocycles. The van der Waals surface area contributed by atoms with Crippen LogP contribution in [0, 0.1) is 12.8 Å². The fourth-order valence-electron chi connectivity index (χ4n) is 3.61. The molecule has 0 bridgehead atoms. The molecule has 0 unspecified atom stereocenters. The van der Waals surface area contributed by atoms with Crippen LogP contribution >= 0.6 is 0 Å². The van der Waals surface area contributed by atoms with Crippen LogP contribution in [-0.2, 0) is 20.9 Å². The summed E-state index contributed by atoms with van der Waals surface area (Å²) in [5, 5.41) is 0. The number of aryl methyl sites for hydroxylation is 1. The van der Waals surface area contributed by atoms with E-state index in [1.54, 1.807) is 6.07 Å². The Kier molecular flexibility index (Phi) is 7.28. The van der Waals surface area contributed by atoms with Gasteiger partial charge in [0.2, 0.25) is 0 Å². The van der Waals surface area contributed by atoms with Crippen molar-refractivity contribution < 1.29 is 23.8 Å². The second-order valence-electron chi connectivity index (χ2n) is 7.38. The topological polar surface area (TPSA) is 61.8 Å². The molecule has 1 aliphatic carbocycles. The van der Waals surface area contributed by atoms with Crippen LogP contribution in [0.15, 0.2) is 48.5 Å². The molecule has 2 aromatic carbocycles. The summed E-state index contributed by atoms with van der Waals surface area (Å²) in [6.45, 7) is 4.38. The van der Waals surface area contributed by atoms with Crippen LogP contribution in [-0.4, -0.2) is 24.6 Å². The van der Waals surface area contributed by atoms with Crippen LogP contribution in [0.4, 0.5) is 0 Å². The van der Waals surface area contributed by atoms with Gasteiger partial charge < -0.3 is 14.2 Å². The second kappa shape index (κ2) is 10.1. The predicted molar refractivity (Wildman–Crippen MR) is 110 cm³/mol. The van der Waals surface area contributed by atoms with Gasteiger partial charge in [-0.15, -0.1) is 0 Å². The summed E-state index contributed by atoms with van der Waals surface area (Å²) in [5.41, 5.74) is 2.32. The summed E-state index contributed by atoms with van der Waals surface area (Å²) < 4.78 is 16.6. The van der Waals surface area contributed by atoms with Crippen LogP contribution in [0.5, 0.6) is 5.75 Å². The standard InChI is InChI=1S/C24H28O5/c1-3-27-23(25)19-9-11-20(12-10-19)29-21-13-14-22(17(2)15-21)24(26)28-16-18-7-5-4-6-8-18/h4-8,13-15,19-20H,3,9-12,16H2,1-2H3. The number of rotatable bonds is 7. The first-order valence-electron chi connectivity index (χ1n) is 10.2. The van der Waals surface area contributed by atoms with E-state index in [1.165, 1.54) is 0 Å². The predicted octanol–water partition coefficient (Wildman–Crippen LogP) is 4.85. The number of ether oxygens (including phenoxy) is 3. The van der Waals surface area contributed by atoms with Gasteiger partial charge in [0.1, 0.15) is 12.4 Å². The minimum absolute atomic E-state index is 0.0155. The summed E-state index contributed by atoms with van der Waals surface area (Å²) in [6.07, 6.45) is 3.29. The average Bonchev–Trinajstić information content (AvgIpc) is 2.73. The zero-order valence-corrected chi connectivity index (χ0v) is 17.1. The largest absolute Gasteiger partial charge is 0.490 e. The van der Waals surface area contributed by atoms with E-state index in [-0.39, 0.29) is 30.6 Å². The maximum absolute atomic E-state index is 12.4. The number of carbonyl (C=O) groups excluding carboxylic acids is 2. The minimum atomic E-state index is -0.340. The lowest BCUT2D eigenvalue weighted by molar-refractivity contribution is -0.149. The molecule has 3 rings (SSSR count). The van der Waals surface area contributed by atoms with Crippen molar-refractivity contribution in [2.75, 3.05) is 6.61 Å². The molecule has 154 valence electrons. The van der Waals surface area contributed by atoms with Crippen molar-refractivity contribution in [3.05, 3.63) is 65.2 Å². The molecule has 5 heteroatoms. The van der Waals surface area contributed by atoms with Gasteiger partial charge in [0.25, 0.3) is 0 Å². The summed E-state index contributed by atoms with van der Waals surface area (Å²) >= 11 is 0. The monoisotopic (exact) mass is 396 g/mol. The smallest absolute Gasteiger partial charge is 0.338 e. The van der Waals surface area contributed by atoms with Gasteiger partial charge in [0, 0.05) is 0 Å². The van der Waals surface area contributed by atoms with Crippen molar-refractivity contribution >= 4 is 11.9 Å². The molecule has 1 fully saturated rings. The molecule has 1 aliphatic rings. The van der Waals surface area contributed by atoms with E-state index in [9.17, 15) is 9.59 Å². The maximum atomic E-state index is 12.4. The first-order valence-corrected chi connectivity index (χ1v) is 10.2. The Bertz CT molecular complexity index is 822. The van der Waals surface area contributed by atoms with Crippen LogP contribution in [0.1, 0.15) is 54.1 Å². The molecule has 0 N–H and O–H groups in total. The number of carbonyl (C=O) groups is 2. The van der Waals surface area contributed by atoms with E-state index in [2.05, 4.69) is 0 Å². The lowest BCUT2D eigenvalue weighted by Gasteiger charge is -2.28. The normalized spacial score (nSPS) is 18.7. The highest BCUT2D eigenvalue weighted by Gasteiger charge is 2.28. The third-order valence-electron chi connectivity index (χ3n) is 5.23. The van der Waals surface area contributed by atoms with E-state index < -0.39 is 0 Å². The quantitative estimate of drug-likeness (QED) is 0.626. The van der Waals surface area contributed by atoms with Crippen LogP contribution in [0.2, 0.25) is 0 Å². The van der Waals surface area contributed by atoms with Gasteiger partial charge in [-0.3, -0.25) is 4.79 Å². The van der Waals surface area contributed by atoms with Gasteiger partial charge in [-0.2, -0.15) is 0 Å². The number of hydrogen-bond donors (Lipinski definition) is 0. The highest BCUT2D eigenvalue weighted by atomic mass is 16.5. The minimum Gasteiger partial charge on any atom is -0.490 e. The van der Waals surface area contributed by atoms with Crippen molar-refractivity contribution in [3.8, 4) is 5.75 Å². The van der Waals surface area contributed by atoms with Crippen molar-refractivity contribution in [2.24, 2.45) is 5.92 Å². The highest BCUT2D eigenvalue weighted by Crippen LogP contribution is 2.29. The van der Waals surface area contributed by atoms with E-state index in [0.29, 0.717) is 12.2 Å². The van der Waals surface area contributed by atoms with Gasteiger partial charge >= 0.3 is 11.9 Å². The van der Waals surface area contributed by atoms with E-state index in [1.807, 2.05) is 56.3 Å². The molecule has 0 atom stereocenters. The van der Waals surface area contributed by atoms with Crippen molar-refractivity contribution in [1.82, 2.24) is 0 Å². The Morgan fingerprint density at radius 1 is 0.966 bits per heavy atom. The molecular weight excluding hydrogens is 368 g/mol. The summed E-state index contributed by atoms with van der Waals surface area (Å²) in [6, 6.07) is 15.0. The second-order valence-corrected chi connectivity index (χ2v) is 7.38. The molecule has 0 aliphatic heterocycles. The average molecular weight is 396 g/mol. The van der Waals surface area contributed by atoms with Crippen molar-refractivity contribution in [2.45, 2.75) is 52.2 Å². The number of benzene rings is 2. The molecule has 2 aromatic rings. The maximum Gasteiger partial charge on any atom is 0.338 e. The zero-order valence-electron chi connectivity index (χ0n) is 17.1. The summed E-state index contributed by atoms with van der Waals surface area (Å²) in [4.78, 5) is 24.2. The molecule has 0 aromatic heterocycles. The fraction of sp³-hybridized carbons (Fsp3) is 0.417. The summed E-state index contributed by atoms with van der Waals surface area (Å²) in [7, 11) is 0. The van der Waals surface area contributed by atoms with Gasteiger partial charge in [-0.1, -0.05) is 30.3 Å². The fourth-order valence-corrected chi connectivity index (χ4v) is 3.61. The van der Waals surface area contributed by atoms with Gasteiger partial charge in [-0.25, -0.2) is 4.79 Å². The van der Waals surface area contributed by atoms with E-state index in [4.69, 9.17) is 14.2 Å². The van der Waals surface area contributed by atoms with Crippen LogP contribution in [0.3, 0.4) is 0 Å². The third kappa shape index (κ3) is 5.83. The molecule has 5 nitrogen and oxygen atoms in total. The Labute approximate surface area is 172 Å². The SMILES string of the molecule is CCOC(=O)C1CCC(Oc2ccc(C(=O)OCc3ccccc3)c(C)c2)CC1. The van der Waals surface area contributed by atoms with Crippen molar-refractivity contribution in [3.63, 3.8) is 0 Å². The molecule has 0 saturated heterocycles. The Morgan fingerprint density at radius 2 is 1.69 bits per heavy atom. The third-order valence-corrected chi connectivity index (χ3v) is 5.23. The molecular formula is C24H28O5. The van der Waals surface area contributed by atoms with Gasteiger partial charge in [0.15, 0.2) is 0 Å². The summed E-state index contributed by atoms with van der Waals surface area (Å²) in [5.74, 6) is 0.285. The van der Waals surface area contributed by atoms with Gasteiger partial charge in [0.05, 0.1) is 24.2 Å². The van der Waals surface area contributed by atoms with Crippen molar-refractivity contribution in [1.29, 1.82) is 0 Å². The first kappa shape index (κ1) is 20.9. The van der Waals surface area contributed by atoms with Crippen LogP contribution in [0.25, 0.3) is 0 Å². The molecule has 29 heavy (non-hydrogen) atoms. The Balaban J connectivity index is 1.52. The highest BCUT2D eigenvalue weighted by molar-refractivity contribution is 5.91. The first-order chi connectivity index (χ1) is 14.1. The molecule has 0 spiro atoms.